The highest BCUT2D eigenvalue weighted by Gasteiger charge is 2.26. The Hall–Kier alpha value is -1.98. The Morgan fingerprint density at radius 2 is 1.81 bits per heavy atom. The van der Waals surface area contributed by atoms with Crippen LogP contribution >= 0.6 is 0 Å². The van der Waals surface area contributed by atoms with Crippen molar-refractivity contribution in [1.82, 2.24) is 19.7 Å². The first-order chi connectivity index (χ1) is 11.9. The summed E-state index contributed by atoms with van der Waals surface area (Å²) in [5.74, 6) is 0.327. The van der Waals surface area contributed by atoms with Gasteiger partial charge in [0.2, 0.25) is 5.91 Å². The summed E-state index contributed by atoms with van der Waals surface area (Å²) in [6, 6.07) is 3.74. The minimum atomic E-state index is -0.339. The molecule has 0 saturated carbocycles. The van der Waals surface area contributed by atoms with Crippen LogP contribution in [0.5, 0.6) is 0 Å². The van der Waals surface area contributed by atoms with Crippen LogP contribution in [0.3, 0.4) is 0 Å². The molecule has 0 bridgehead atoms. The van der Waals surface area contributed by atoms with Crippen LogP contribution in [0.15, 0.2) is 18.3 Å². The molecule has 3 amide bonds. The van der Waals surface area contributed by atoms with E-state index in [0.717, 1.165) is 5.69 Å². The number of hydrogen-bond donors (Lipinski definition) is 1. The predicted octanol–water partition coefficient (Wildman–Crippen LogP) is 3.23. The van der Waals surface area contributed by atoms with Crippen LogP contribution in [0.2, 0.25) is 0 Å². The lowest BCUT2D eigenvalue weighted by Crippen LogP contribution is -2.54. The van der Waals surface area contributed by atoms with Crippen LogP contribution in [0.1, 0.15) is 54.2 Å². The van der Waals surface area contributed by atoms with E-state index in [1.165, 1.54) is 0 Å². The van der Waals surface area contributed by atoms with Crippen LogP contribution in [-0.4, -0.2) is 51.0 Å². The first-order valence-electron chi connectivity index (χ1n) is 9.37. The van der Waals surface area contributed by atoms with Gasteiger partial charge in [0.25, 0.3) is 0 Å². The molecule has 0 radical (unpaired) electrons. The maximum absolute atomic E-state index is 13.0. The number of aryl methyl sites for hydroxylation is 1. The molecule has 1 rings (SSSR count). The molecule has 0 aliphatic heterocycles. The van der Waals surface area contributed by atoms with Crippen molar-refractivity contribution in [2.45, 2.75) is 66.6 Å². The monoisotopic (exact) mass is 364 g/mol. The molecule has 0 atom stereocenters. The molecule has 1 N–H and O–H groups in total. The van der Waals surface area contributed by atoms with Crippen LogP contribution in [0.25, 0.3) is 0 Å². The normalized spacial score (nSPS) is 11.8. The van der Waals surface area contributed by atoms with Gasteiger partial charge in [0.1, 0.15) is 6.54 Å². The van der Waals surface area contributed by atoms with Crippen molar-refractivity contribution in [3.63, 3.8) is 0 Å². The first kappa shape index (κ1) is 22.1. The van der Waals surface area contributed by atoms with Gasteiger partial charge < -0.3 is 19.7 Å². The fraction of sp³-hybridized carbons (Fsp3) is 0.700. The van der Waals surface area contributed by atoms with Gasteiger partial charge >= 0.3 is 6.03 Å². The van der Waals surface area contributed by atoms with Gasteiger partial charge in [-0.3, -0.25) is 4.79 Å². The van der Waals surface area contributed by atoms with Gasteiger partial charge in [-0.1, -0.05) is 13.8 Å². The van der Waals surface area contributed by atoms with Crippen LogP contribution in [0, 0.1) is 5.92 Å². The van der Waals surface area contributed by atoms with Crippen molar-refractivity contribution in [3.8, 4) is 0 Å². The average Bonchev–Trinajstić information content (AvgIpc) is 2.86. The zero-order valence-corrected chi connectivity index (χ0v) is 17.7. The summed E-state index contributed by atoms with van der Waals surface area (Å²) in [7, 11) is 1.98. The highest BCUT2D eigenvalue weighted by atomic mass is 16.2. The van der Waals surface area contributed by atoms with Crippen molar-refractivity contribution < 1.29 is 9.59 Å². The molecule has 1 aromatic rings. The summed E-state index contributed by atoms with van der Waals surface area (Å²) in [5, 5.41) is 2.95. The lowest BCUT2D eigenvalue weighted by atomic mass is 10.1. The van der Waals surface area contributed by atoms with E-state index in [0.29, 0.717) is 19.0 Å². The van der Waals surface area contributed by atoms with E-state index in [1.54, 1.807) is 4.90 Å². The van der Waals surface area contributed by atoms with E-state index in [-0.39, 0.29) is 30.1 Å². The third kappa shape index (κ3) is 7.10. The first-order valence-corrected chi connectivity index (χ1v) is 9.37. The molecular formula is C20H36N4O2. The van der Waals surface area contributed by atoms with Gasteiger partial charge in [-0.05, 0) is 52.7 Å². The predicted molar refractivity (Wildman–Crippen MR) is 106 cm³/mol. The van der Waals surface area contributed by atoms with Crippen molar-refractivity contribution in [1.29, 1.82) is 0 Å². The van der Waals surface area contributed by atoms with Crippen LogP contribution in [0.4, 0.5) is 4.79 Å². The number of nitrogens with one attached hydrogen (secondary N) is 1. The third-order valence-corrected chi connectivity index (χ3v) is 4.01. The van der Waals surface area contributed by atoms with Crippen LogP contribution in [-0.2, 0) is 18.4 Å². The molecular weight excluding hydrogens is 328 g/mol. The Morgan fingerprint density at radius 3 is 2.23 bits per heavy atom. The Bertz CT molecular complexity index is 599. The molecule has 0 fully saturated rings. The van der Waals surface area contributed by atoms with Crippen LogP contribution < -0.4 is 5.32 Å². The van der Waals surface area contributed by atoms with Crippen molar-refractivity contribution in [2.75, 3.05) is 13.1 Å². The van der Waals surface area contributed by atoms with Gasteiger partial charge in [0.15, 0.2) is 0 Å². The molecule has 0 saturated heterocycles. The number of aromatic nitrogens is 1. The largest absolute Gasteiger partial charge is 0.353 e. The highest BCUT2D eigenvalue weighted by Crippen LogP contribution is 2.11. The third-order valence-electron chi connectivity index (χ3n) is 4.01. The zero-order chi connectivity index (χ0) is 20.1. The Kier molecular flexibility index (Phi) is 7.72. The fourth-order valence-corrected chi connectivity index (χ4v) is 2.68. The maximum Gasteiger partial charge on any atom is 0.318 e. The molecule has 1 heterocycles. The zero-order valence-electron chi connectivity index (χ0n) is 17.7. The summed E-state index contributed by atoms with van der Waals surface area (Å²) < 4.78 is 2.02. The molecule has 26 heavy (non-hydrogen) atoms. The van der Waals surface area contributed by atoms with Gasteiger partial charge in [-0.15, -0.1) is 0 Å². The number of rotatable bonds is 7. The van der Waals surface area contributed by atoms with Crippen molar-refractivity contribution in [3.05, 3.63) is 24.0 Å². The van der Waals surface area contributed by atoms with Crippen molar-refractivity contribution >= 4 is 11.9 Å². The van der Waals surface area contributed by atoms with Gasteiger partial charge in [-0.2, -0.15) is 0 Å². The fourth-order valence-electron chi connectivity index (χ4n) is 2.68. The lowest BCUT2D eigenvalue weighted by molar-refractivity contribution is -0.133. The molecule has 0 aliphatic rings. The SMILES string of the molecule is CC(C)CN(Cc1cccn1C)C(=O)CN(C(=O)NC(C)(C)C)C(C)C. The van der Waals surface area contributed by atoms with E-state index in [1.807, 2.05) is 69.5 Å². The minimum Gasteiger partial charge on any atom is -0.353 e. The summed E-state index contributed by atoms with van der Waals surface area (Å²) in [6.07, 6.45) is 1.98. The summed E-state index contributed by atoms with van der Waals surface area (Å²) >= 11 is 0. The summed E-state index contributed by atoms with van der Waals surface area (Å²) in [4.78, 5) is 29.0. The number of hydrogen-bond acceptors (Lipinski definition) is 2. The number of urea groups is 1. The number of carbonyl (C=O) groups is 2. The highest BCUT2D eigenvalue weighted by molar-refractivity contribution is 5.84. The van der Waals surface area contributed by atoms with Gasteiger partial charge in [-0.25, -0.2) is 4.79 Å². The summed E-state index contributed by atoms with van der Waals surface area (Å²) in [5.41, 5.74) is 0.739. The van der Waals surface area contributed by atoms with Crippen molar-refractivity contribution in [2.24, 2.45) is 13.0 Å². The Labute approximate surface area is 158 Å². The molecule has 0 unspecified atom stereocenters. The van der Waals surface area contributed by atoms with E-state index < -0.39 is 0 Å². The topological polar surface area (TPSA) is 57.6 Å². The van der Waals surface area contributed by atoms with Gasteiger partial charge in [0, 0.05) is 37.1 Å². The molecule has 6 heteroatoms. The maximum atomic E-state index is 13.0. The quantitative estimate of drug-likeness (QED) is 0.807. The second-order valence-corrected chi connectivity index (χ2v) is 8.68. The molecule has 1 aromatic heterocycles. The number of carbonyl (C=O) groups excluding carboxylic acids is 2. The standard InChI is InChI=1S/C20H36N4O2/c1-15(2)12-23(13-17-10-9-11-22(17)8)18(25)14-24(16(3)4)19(26)21-20(5,6)7/h9-11,15-16H,12-14H2,1-8H3,(H,21,26). The minimum absolute atomic E-state index is 0.0299. The average molecular weight is 365 g/mol. The molecule has 148 valence electrons. The van der Waals surface area contributed by atoms with E-state index in [2.05, 4.69) is 19.2 Å². The number of amides is 3. The van der Waals surface area contributed by atoms with E-state index in [9.17, 15) is 9.59 Å². The Morgan fingerprint density at radius 1 is 1.19 bits per heavy atom. The smallest absolute Gasteiger partial charge is 0.318 e. The van der Waals surface area contributed by atoms with E-state index in [4.69, 9.17) is 0 Å². The van der Waals surface area contributed by atoms with E-state index >= 15 is 0 Å². The molecule has 0 spiro atoms. The molecule has 6 nitrogen and oxygen atoms in total. The lowest BCUT2D eigenvalue weighted by Gasteiger charge is -2.33. The molecule has 0 aromatic carbocycles. The molecule has 0 aliphatic carbocycles. The number of nitrogens with zero attached hydrogens (tertiary/aromatic N) is 3. The second kappa shape index (κ2) is 9.10. The Balaban J connectivity index is 2.90. The second-order valence-electron chi connectivity index (χ2n) is 8.68. The summed E-state index contributed by atoms with van der Waals surface area (Å²) in [6.45, 7) is 15.2. The van der Waals surface area contributed by atoms with Gasteiger partial charge in [0.05, 0.1) is 6.54 Å².